The van der Waals surface area contributed by atoms with Crippen molar-refractivity contribution >= 4 is 5.57 Å². The molecule has 0 saturated heterocycles. The molecule has 2 aromatic carbocycles. The van der Waals surface area contributed by atoms with Gasteiger partial charge < -0.3 is 14.6 Å². The third kappa shape index (κ3) is 3.86. The van der Waals surface area contributed by atoms with Gasteiger partial charge in [-0.3, -0.25) is 0 Å². The number of hydrogen-bond acceptors (Lipinski definition) is 3. The summed E-state index contributed by atoms with van der Waals surface area (Å²) in [5, 5.41) is 10.4. The second-order valence-corrected chi connectivity index (χ2v) is 6.48. The average molecular weight is 312 g/mol. The fourth-order valence-corrected chi connectivity index (χ4v) is 2.43. The lowest BCUT2D eigenvalue weighted by Gasteiger charge is -2.22. The maximum atomic E-state index is 10.4. The second kappa shape index (κ2) is 6.78. The van der Waals surface area contributed by atoms with Crippen molar-refractivity contribution in [2.24, 2.45) is 0 Å². The molecule has 0 radical (unpaired) electrons. The Kier molecular flexibility index (Phi) is 4.99. The molecule has 2 aromatic rings. The molecule has 0 aliphatic rings. The highest BCUT2D eigenvalue weighted by Gasteiger charge is 2.20. The van der Waals surface area contributed by atoms with Gasteiger partial charge in [0.05, 0.1) is 7.11 Å². The lowest BCUT2D eigenvalue weighted by molar-refractivity contribution is 0.208. The Morgan fingerprint density at radius 3 is 2.09 bits per heavy atom. The predicted octanol–water partition coefficient (Wildman–Crippen LogP) is 5.32. The van der Waals surface area contributed by atoms with Crippen LogP contribution in [0.4, 0.5) is 0 Å². The first-order chi connectivity index (χ1) is 10.8. The number of aliphatic hydroxyl groups excluding tert-OH is 1. The topological polar surface area (TPSA) is 38.7 Å². The number of rotatable bonds is 4. The van der Waals surface area contributed by atoms with Gasteiger partial charge in [-0.05, 0) is 24.5 Å². The van der Waals surface area contributed by atoms with Crippen molar-refractivity contribution in [1.82, 2.24) is 0 Å². The van der Waals surface area contributed by atoms with E-state index < -0.39 is 0 Å². The van der Waals surface area contributed by atoms with Gasteiger partial charge in [0, 0.05) is 16.7 Å². The lowest BCUT2D eigenvalue weighted by atomic mass is 9.86. The molecular weight excluding hydrogens is 288 g/mol. The van der Waals surface area contributed by atoms with Crippen molar-refractivity contribution in [1.29, 1.82) is 0 Å². The average Bonchev–Trinajstić information content (AvgIpc) is 2.53. The molecule has 0 amide bonds. The lowest BCUT2D eigenvalue weighted by Crippen LogP contribution is -2.13. The number of methoxy groups -OCH3 is 1. The van der Waals surface area contributed by atoms with Crippen LogP contribution in [-0.4, -0.2) is 12.2 Å². The number of para-hydroxylation sites is 2. The van der Waals surface area contributed by atoms with Crippen molar-refractivity contribution in [3.8, 4) is 11.5 Å². The number of aliphatic hydroxyl groups is 1. The summed E-state index contributed by atoms with van der Waals surface area (Å²) in [6.45, 7) is 8.15. The van der Waals surface area contributed by atoms with Crippen molar-refractivity contribution in [2.45, 2.75) is 33.1 Å². The largest absolute Gasteiger partial charge is 0.496 e. The third-order valence-electron chi connectivity index (χ3n) is 3.73. The Morgan fingerprint density at radius 2 is 1.48 bits per heavy atom. The van der Waals surface area contributed by atoms with E-state index in [-0.39, 0.29) is 11.4 Å². The molecule has 0 aliphatic carbocycles. The standard InChI is InChI=1S/C20H24O3/c1-14(15-10-6-8-12-17(15)22-5)19(21)23-18-13-9-7-11-16(18)20(2,3)4/h6-13,21H,1-5H3/b19-14+. The van der Waals surface area contributed by atoms with E-state index in [1.807, 2.05) is 55.5 Å². The normalized spacial score (nSPS) is 12.6. The minimum Gasteiger partial charge on any atom is -0.496 e. The van der Waals surface area contributed by atoms with E-state index >= 15 is 0 Å². The summed E-state index contributed by atoms with van der Waals surface area (Å²) in [5.74, 6) is 1.24. The summed E-state index contributed by atoms with van der Waals surface area (Å²) in [6, 6.07) is 15.3. The minimum absolute atomic E-state index is 0.0742. The van der Waals surface area contributed by atoms with Crippen LogP contribution in [0.25, 0.3) is 5.57 Å². The quantitative estimate of drug-likeness (QED) is 0.777. The fourth-order valence-electron chi connectivity index (χ4n) is 2.43. The summed E-state index contributed by atoms with van der Waals surface area (Å²) in [6.07, 6.45) is 0. The van der Waals surface area contributed by atoms with E-state index in [1.54, 1.807) is 7.11 Å². The van der Waals surface area contributed by atoms with Crippen molar-refractivity contribution in [3.05, 3.63) is 65.6 Å². The first kappa shape index (κ1) is 16.9. The van der Waals surface area contributed by atoms with Gasteiger partial charge in [0.25, 0.3) is 5.95 Å². The van der Waals surface area contributed by atoms with E-state index in [0.29, 0.717) is 17.1 Å². The summed E-state index contributed by atoms with van der Waals surface area (Å²) >= 11 is 0. The zero-order valence-electron chi connectivity index (χ0n) is 14.4. The fraction of sp³-hybridized carbons (Fsp3) is 0.300. The molecule has 0 atom stereocenters. The Balaban J connectivity index is 2.40. The summed E-state index contributed by atoms with van der Waals surface area (Å²) in [4.78, 5) is 0. The molecule has 0 heterocycles. The van der Waals surface area contributed by atoms with Crippen LogP contribution < -0.4 is 9.47 Å². The molecular formula is C20H24O3. The van der Waals surface area contributed by atoms with Crippen LogP contribution in [-0.2, 0) is 5.41 Å². The molecule has 0 aromatic heterocycles. The van der Waals surface area contributed by atoms with Gasteiger partial charge in [0.15, 0.2) is 0 Å². The van der Waals surface area contributed by atoms with Crippen LogP contribution >= 0.6 is 0 Å². The predicted molar refractivity (Wildman–Crippen MR) is 94.0 cm³/mol. The molecule has 2 rings (SSSR count). The molecule has 0 saturated carbocycles. The first-order valence-electron chi connectivity index (χ1n) is 7.65. The highest BCUT2D eigenvalue weighted by atomic mass is 16.6. The van der Waals surface area contributed by atoms with E-state index in [9.17, 15) is 5.11 Å². The minimum atomic E-state index is -0.119. The third-order valence-corrected chi connectivity index (χ3v) is 3.73. The molecule has 0 aliphatic heterocycles. The van der Waals surface area contributed by atoms with Gasteiger partial charge >= 0.3 is 0 Å². The van der Waals surface area contributed by atoms with Gasteiger partial charge in [0.1, 0.15) is 11.5 Å². The number of ether oxygens (including phenoxy) is 2. The number of benzene rings is 2. The van der Waals surface area contributed by atoms with Crippen LogP contribution in [0, 0.1) is 0 Å². The molecule has 23 heavy (non-hydrogen) atoms. The van der Waals surface area contributed by atoms with Gasteiger partial charge in [-0.15, -0.1) is 0 Å². The van der Waals surface area contributed by atoms with E-state index in [2.05, 4.69) is 20.8 Å². The van der Waals surface area contributed by atoms with Gasteiger partial charge in [-0.25, -0.2) is 0 Å². The Morgan fingerprint density at radius 1 is 0.913 bits per heavy atom. The van der Waals surface area contributed by atoms with Crippen molar-refractivity contribution in [2.75, 3.05) is 7.11 Å². The summed E-state index contributed by atoms with van der Waals surface area (Å²) in [7, 11) is 1.61. The second-order valence-electron chi connectivity index (χ2n) is 6.48. The van der Waals surface area contributed by atoms with Gasteiger partial charge in [-0.1, -0.05) is 57.2 Å². The van der Waals surface area contributed by atoms with Crippen LogP contribution in [0.2, 0.25) is 0 Å². The Labute approximate surface area is 138 Å². The smallest absolute Gasteiger partial charge is 0.285 e. The summed E-state index contributed by atoms with van der Waals surface area (Å²) in [5.41, 5.74) is 2.40. The molecule has 3 nitrogen and oxygen atoms in total. The van der Waals surface area contributed by atoms with E-state index in [0.717, 1.165) is 11.1 Å². The zero-order chi connectivity index (χ0) is 17.0. The van der Waals surface area contributed by atoms with Crippen molar-refractivity contribution in [3.63, 3.8) is 0 Å². The molecule has 0 unspecified atom stereocenters. The highest BCUT2D eigenvalue weighted by Crippen LogP contribution is 2.33. The Hall–Kier alpha value is -2.42. The number of hydrogen-bond donors (Lipinski definition) is 1. The van der Waals surface area contributed by atoms with Crippen LogP contribution in [0.1, 0.15) is 38.8 Å². The summed E-state index contributed by atoms with van der Waals surface area (Å²) < 4.78 is 11.1. The molecule has 122 valence electrons. The maximum absolute atomic E-state index is 10.4. The zero-order valence-corrected chi connectivity index (χ0v) is 14.4. The molecule has 0 bridgehead atoms. The monoisotopic (exact) mass is 312 g/mol. The van der Waals surface area contributed by atoms with Gasteiger partial charge in [-0.2, -0.15) is 0 Å². The molecule has 1 N–H and O–H groups in total. The maximum Gasteiger partial charge on any atom is 0.285 e. The molecule has 0 fully saturated rings. The Bertz CT molecular complexity index is 709. The first-order valence-corrected chi connectivity index (χ1v) is 7.65. The highest BCUT2D eigenvalue weighted by molar-refractivity contribution is 5.69. The van der Waals surface area contributed by atoms with Crippen molar-refractivity contribution < 1.29 is 14.6 Å². The van der Waals surface area contributed by atoms with E-state index in [4.69, 9.17) is 9.47 Å². The van der Waals surface area contributed by atoms with Crippen LogP contribution in [0.3, 0.4) is 0 Å². The molecule has 3 heteroatoms. The van der Waals surface area contributed by atoms with Crippen LogP contribution in [0.15, 0.2) is 54.5 Å². The van der Waals surface area contributed by atoms with E-state index in [1.165, 1.54) is 0 Å². The SMILES string of the molecule is COc1ccccc1/C(C)=C(\O)Oc1ccccc1C(C)(C)C. The van der Waals surface area contributed by atoms with Gasteiger partial charge in [0.2, 0.25) is 0 Å². The van der Waals surface area contributed by atoms with Crippen LogP contribution in [0.5, 0.6) is 11.5 Å². The number of allylic oxidation sites excluding steroid dienone is 1. The molecule has 0 spiro atoms.